The molecule has 144 valence electrons. The van der Waals surface area contributed by atoms with Crippen LogP contribution in [0.1, 0.15) is 22.6 Å². The van der Waals surface area contributed by atoms with Crippen molar-refractivity contribution in [2.75, 3.05) is 19.0 Å². The molecule has 3 aromatic carbocycles. The number of nitrogens with one attached hydrogen (secondary N) is 2. The maximum atomic E-state index is 12.2. The van der Waals surface area contributed by atoms with Crippen molar-refractivity contribution >= 4 is 11.6 Å². The minimum Gasteiger partial charge on any atom is -0.497 e. The molecule has 0 aromatic heterocycles. The first-order valence-corrected chi connectivity index (χ1v) is 9.17. The van der Waals surface area contributed by atoms with Crippen LogP contribution in [-0.4, -0.2) is 24.8 Å². The lowest BCUT2D eigenvalue weighted by atomic mass is 9.90. The predicted molar refractivity (Wildman–Crippen MR) is 110 cm³/mol. The topological polar surface area (TPSA) is 70.6 Å². The van der Waals surface area contributed by atoms with Crippen LogP contribution in [0.3, 0.4) is 0 Å². The average molecular weight is 376 g/mol. The van der Waals surface area contributed by atoms with Crippen molar-refractivity contribution in [2.24, 2.45) is 0 Å². The molecule has 5 nitrogen and oxygen atoms in total. The Balaban J connectivity index is 1.63. The zero-order valence-corrected chi connectivity index (χ0v) is 15.8. The molecule has 0 saturated carbocycles. The van der Waals surface area contributed by atoms with Gasteiger partial charge in [0, 0.05) is 12.2 Å². The summed E-state index contributed by atoms with van der Waals surface area (Å²) in [6.07, 6.45) is 0.894. The van der Waals surface area contributed by atoms with E-state index in [1.54, 1.807) is 12.6 Å². The largest absolute Gasteiger partial charge is 0.497 e. The molecule has 1 amide bonds. The van der Waals surface area contributed by atoms with Gasteiger partial charge in [-0.05, 0) is 47.4 Å². The van der Waals surface area contributed by atoms with E-state index in [2.05, 4.69) is 17.4 Å². The molecule has 0 spiro atoms. The van der Waals surface area contributed by atoms with Crippen LogP contribution in [0, 0.1) is 0 Å². The van der Waals surface area contributed by atoms with Crippen molar-refractivity contribution in [3.63, 3.8) is 0 Å². The van der Waals surface area contributed by atoms with Crippen LogP contribution in [0.5, 0.6) is 5.75 Å². The summed E-state index contributed by atoms with van der Waals surface area (Å²) >= 11 is 0. The van der Waals surface area contributed by atoms with Crippen LogP contribution in [0.15, 0.2) is 78.9 Å². The van der Waals surface area contributed by atoms with E-state index in [0.717, 1.165) is 35.5 Å². The third kappa shape index (κ3) is 4.90. The van der Waals surface area contributed by atoms with Crippen LogP contribution < -0.4 is 15.5 Å². The fourth-order valence-electron chi connectivity index (χ4n) is 3.14. The number of carbonyl (C=O) groups is 1. The van der Waals surface area contributed by atoms with E-state index in [-0.39, 0.29) is 0 Å². The van der Waals surface area contributed by atoms with Gasteiger partial charge in [0.15, 0.2) is 0 Å². The zero-order chi connectivity index (χ0) is 19.8. The molecule has 0 radical (unpaired) electrons. The minimum atomic E-state index is -0.556. The third-order valence-corrected chi connectivity index (χ3v) is 4.65. The first-order chi connectivity index (χ1) is 13.7. The molecule has 0 saturated heterocycles. The van der Waals surface area contributed by atoms with Crippen LogP contribution in [0.25, 0.3) is 0 Å². The Kier molecular flexibility index (Phi) is 6.65. The van der Waals surface area contributed by atoms with Gasteiger partial charge < -0.3 is 10.1 Å². The lowest BCUT2D eigenvalue weighted by molar-refractivity contribution is -0.129. The highest BCUT2D eigenvalue weighted by molar-refractivity contribution is 5.86. The molecule has 3 aromatic rings. The Morgan fingerprint density at radius 3 is 2.18 bits per heavy atom. The Bertz CT molecular complexity index is 878. The molecule has 1 atom stereocenters. The van der Waals surface area contributed by atoms with Gasteiger partial charge in [0.25, 0.3) is 5.91 Å². The summed E-state index contributed by atoms with van der Waals surface area (Å²) in [4.78, 5) is 12.2. The fraction of sp³-hybridized carbons (Fsp3) is 0.174. The Hall–Kier alpha value is -3.31. The fourth-order valence-corrected chi connectivity index (χ4v) is 3.14. The van der Waals surface area contributed by atoms with E-state index in [1.165, 1.54) is 5.56 Å². The van der Waals surface area contributed by atoms with Crippen molar-refractivity contribution in [3.05, 3.63) is 95.6 Å². The molecule has 0 bridgehead atoms. The van der Waals surface area contributed by atoms with E-state index >= 15 is 0 Å². The first kappa shape index (κ1) is 19.5. The van der Waals surface area contributed by atoms with Gasteiger partial charge in [-0.3, -0.25) is 10.0 Å². The lowest BCUT2D eigenvalue weighted by Gasteiger charge is -2.16. The van der Waals surface area contributed by atoms with E-state index in [9.17, 15) is 4.79 Å². The van der Waals surface area contributed by atoms with Crippen LogP contribution in [-0.2, 0) is 11.2 Å². The number of amides is 1. The van der Waals surface area contributed by atoms with Crippen LogP contribution in [0.2, 0.25) is 0 Å². The van der Waals surface area contributed by atoms with Gasteiger partial charge in [-0.2, -0.15) is 0 Å². The summed E-state index contributed by atoms with van der Waals surface area (Å²) in [6.45, 7) is 0.797. The molecule has 1 unspecified atom stereocenters. The normalized spacial score (nSPS) is 11.5. The van der Waals surface area contributed by atoms with Gasteiger partial charge in [0.05, 0.1) is 13.0 Å². The quantitative estimate of drug-likeness (QED) is 0.411. The number of ether oxygens (including phenoxy) is 1. The number of hydrogen-bond donors (Lipinski definition) is 3. The number of methoxy groups -OCH3 is 1. The molecule has 0 aliphatic carbocycles. The maximum absolute atomic E-state index is 12.2. The highest BCUT2D eigenvalue weighted by Gasteiger charge is 2.22. The minimum absolute atomic E-state index is 0.452. The SMILES string of the molecule is COc1ccc(CCNc2ccc(C(C(=O)NO)c3ccccc3)cc2)cc1. The second-order valence-corrected chi connectivity index (χ2v) is 6.47. The third-order valence-electron chi connectivity index (χ3n) is 4.65. The Morgan fingerprint density at radius 1 is 0.929 bits per heavy atom. The molecular weight excluding hydrogens is 352 g/mol. The molecule has 3 N–H and O–H groups in total. The standard InChI is InChI=1S/C23H24N2O3/c1-28-21-13-7-17(8-14-21)15-16-24-20-11-9-19(10-12-20)22(23(26)25-27)18-5-3-2-4-6-18/h2-14,22,24,27H,15-16H2,1H3,(H,25,26). The maximum Gasteiger partial charge on any atom is 0.255 e. The van der Waals surface area contributed by atoms with Crippen molar-refractivity contribution in [1.29, 1.82) is 0 Å². The number of anilines is 1. The summed E-state index contributed by atoms with van der Waals surface area (Å²) in [5.41, 5.74) is 5.63. The van der Waals surface area contributed by atoms with Crippen molar-refractivity contribution in [3.8, 4) is 5.75 Å². The predicted octanol–water partition coefficient (Wildman–Crippen LogP) is 3.99. The Labute approximate surface area is 164 Å². The average Bonchev–Trinajstić information content (AvgIpc) is 2.76. The molecule has 0 fully saturated rings. The summed E-state index contributed by atoms with van der Waals surface area (Å²) in [5.74, 6) is -0.154. The van der Waals surface area contributed by atoms with Gasteiger partial charge in [-0.25, -0.2) is 5.48 Å². The highest BCUT2D eigenvalue weighted by Crippen LogP contribution is 2.26. The second-order valence-electron chi connectivity index (χ2n) is 6.47. The van der Waals surface area contributed by atoms with Crippen molar-refractivity contribution < 1.29 is 14.7 Å². The monoisotopic (exact) mass is 376 g/mol. The molecule has 0 aliphatic rings. The first-order valence-electron chi connectivity index (χ1n) is 9.17. The molecule has 28 heavy (non-hydrogen) atoms. The summed E-state index contributed by atoms with van der Waals surface area (Å²) in [7, 11) is 1.66. The molecule has 3 rings (SSSR count). The number of hydrogen-bond acceptors (Lipinski definition) is 4. The van der Waals surface area contributed by atoms with E-state index in [1.807, 2.05) is 66.7 Å². The molecule has 5 heteroatoms. The van der Waals surface area contributed by atoms with Gasteiger partial charge >= 0.3 is 0 Å². The second kappa shape index (κ2) is 9.58. The Morgan fingerprint density at radius 2 is 1.57 bits per heavy atom. The van der Waals surface area contributed by atoms with Crippen LogP contribution in [0.4, 0.5) is 5.69 Å². The zero-order valence-electron chi connectivity index (χ0n) is 15.8. The van der Waals surface area contributed by atoms with Gasteiger partial charge in [0.2, 0.25) is 0 Å². The van der Waals surface area contributed by atoms with Crippen molar-refractivity contribution in [2.45, 2.75) is 12.3 Å². The van der Waals surface area contributed by atoms with Crippen LogP contribution >= 0.6 is 0 Å². The summed E-state index contributed by atoms with van der Waals surface area (Å²) < 4.78 is 5.17. The summed E-state index contributed by atoms with van der Waals surface area (Å²) in [5, 5.41) is 12.5. The van der Waals surface area contributed by atoms with E-state index in [0.29, 0.717) is 0 Å². The smallest absolute Gasteiger partial charge is 0.255 e. The number of hydroxylamine groups is 1. The number of carbonyl (C=O) groups excluding carboxylic acids is 1. The van der Waals surface area contributed by atoms with Gasteiger partial charge in [-0.15, -0.1) is 0 Å². The number of benzene rings is 3. The molecule has 0 heterocycles. The molecular formula is C23H24N2O3. The molecule has 0 aliphatic heterocycles. The summed E-state index contributed by atoms with van der Waals surface area (Å²) in [6, 6.07) is 25.1. The van der Waals surface area contributed by atoms with Crippen molar-refractivity contribution in [1.82, 2.24) is 5.48 Å². The van der Waals surface area contributed by atoms with Gasteiger partial charge in [-0.1, -0.05) is 54.6 Å². The number of rotatable bonds is 8. The van der Waals surface area contributed by atoms with E-state index in [4.69, 9.17) is 9.94 Å². The van der Waals surface area contributed by atoms with Gasteiger partial charge in [0.1, 0.15) is 5.75 Å². The van der Waals surface area contributed by atoms with E-state index < -0.39 is 11.8 Å². The lowest BCUT2D eigenvalue weighted by Crippen LogP contribution is -2.27. The highest BCUT2D eigenvalue weighted by atomic mass is 16.5.